The third-order valence-electron chi connectivity index (χ3n) is 3.44. The van der Waals surface area contributed by atoms with Crippen LogP contribution in [-0.2, 0) is 19.5 Å². The third-order valence-corrected chi connectivity index (χ3v) is 3.44. The fourth-order valence-electron chi connectivity index (χ4n) is 2.42. The fourth-order valence-corrected chi connectivity index (χ4v) is 2.42. The van der Waals surface area contributed by atoms with E-state index in [2.05, 4.69) is 15.3 Å². The topological polar surface area (TPSA) is 59.8 Å². The molecule has 5 heteroatoms. The molecule has 0 aromatic carbocycles. The maximum absolute atomic E-state index is 12.5. The molecule has 0 radical (unpaired) electrons. The van der Waals surface area contributed by atoms with Crippen LogP contribution in [0.1, 0.15) is 22.6 Å². The van der Waals surface area contributed by atoms with Crippen LogP contribution in [-0.4, -0.2) is 21.1 Å². The number of aromatic nitrogens is 3. The van der Waals surface area contributed by atoms with Crippen molar-refractivity contribution in [1.82, 2.24) is 19.9 Å². The molecule has 1 aliphatic heterocycles. The first kappa shape index (κ1) is 12.0. The highest BCUT2D eigenvalue weighted by atomic mass is 16.1. The van der Waals surface area contributed by atoms with Gasteiger partial charge in [0, 0.05) is 31.9 Å². The molecule has 98 valence electrons. The number of nitrogens with zero attached hydrogens (tertiary/aromatic N) is 3. The number of hydrogen-bond donors (Lipinski definition) is 1. The van der Waals surface area contributed by atoms with Crippen LogP contribution in [0.3, 0.4) is 0 Å². The van der Waals surface area contributed by atoms with E-state index in [0.29, 0.717) is 13.1 Å². The molecule has 0 amide bonds. The van der Waals surface area contributed by atoms with Crippen LogP contribution in [0.4, 0.5) is 0 Å². The molecular weight excluding hydrogens is 240 g/mol. The van der Waals surface area contributed by atoms with Crippen LogP contribution in [0.2, 0.25) is 0 Å². The first-order valence-corrected chi connectivity index (χ1v) is 6.44. The minimum Gasteiger partial charge on any atom is -0.312 e. The predicted octanol–water partition coefficient (Wildman–Crippen LogP) is 0.641. The molecule has 2 aromatic heterocycles. The highest BCUT2D eigenvalue weighted by molar-refractivity contribution is 5.22. The number of pyridine rings is 1. The molecule has 5 nitrogen and oxygen atoms in total. The second-order valence-electron chi connectivity index (χ2n) is 4.76. The van der Waals surface area contributed by atoms with Crippen molar-refractivity contribution in [3.63, 3.8) is 0 Å². The van der Waals surface area contributed by atoms with Gasteiger partial charge in [0.15, 0.2) is 0 Å². The summed E-state index contributed by atoms with van der Waals surface area (Å²) in [7, 11) is 0. The van der Waals surface area contributed by atoms with Gasteiger partial charge in [0.05, 0.1) is 17.8 Å². The van der Waals surface area contributed by atoms with Gasteiger partial charge in [0.25, 0.3) is 5.56 Å². The van der Waals surface area contributed by atoms with Crippen LogP contribution < -0.4 is 10.9 Å². The van der Waals surface area contributed by atoms with E-state index in [1.54, 1.807) is 17.0 Å². The molecule has 0 atom stereocenters. The van der Waals surface area contributed by atoms with E-state index in [-0.39, 0.29) is 5.56 Å². The van der Waals surface area contributed by atoms with E-state index in [4.69, 9.17) is 0 Å². The van der Waals surface area contributed by atoms with Crippen LogP contribution in [0.15, 0.2) is 29.3 Å². The monoisotopic (exact) mass is 256 g/mol. The molecule has 0 fully saturated rings. The Morgan fingerprint density at radius 2 is 2.37 bits per heavy atom. The summed E-state index contributed by atoms with van der Waals surface area (Å²) in [4.78, 5) is 21.2. The van der Waals surface area contributed by atoms with E-state index >= 15 is 0 Å². The Morgan fingerprint density at radius 3 is 3.16 bits per heavy atom. The minimum atomic E-state index is 0.0681. The molecule has 3 rings (SSSR count). The van der Waals surface area contributed by atoms with Crippen LogP contribution in [0, 0.1) is 6.92 Å². The van der Waals surface area contributed by atoms with Gasteiger partial charge in [-0.3, -0.25) is 14.3 Å². The van der Waals surface area contributed by atoms with Gasteiger partial charge in [-0.25, -0.2) is 4.98 Å². The lowest BCUT2D eigenvalue weighted by Gasteiger charge is -2.19. The summed E-state index contributed by atoms with van der Waals surface area (Å²) in [5, 5.41) is 3.23. The van der Waals surface area contributed by atoms with Crippen LogP contribution >= 0.6 is 0 Å². The molecule has 0 saturated heterocycles. The van der Waals surface area contributed by atoms with Crippen molar-refractivity contribution in [2.45, 2.75) is 26.4 Å². The number of rotatable bonds is 2. The fraction of sp³-hybridized carbons (Fsp3) is 0.357. The molecule has 1 aliphatic rings. The third kappa shape index (κ3) is 2.29. The number of fused-ring (bicyclic) bond motifs is 1. The molecule has 19 heavy (non-hydrogen) atoms. The maximum Gasteiger partial charge on any atom is 0.258 e. The summed E-state index contributed by atoms with van der Waals surface area (Å²) in [6.07, 6.45) is 4.34. The highest BCUT2D eigenvalue weighted by Crippen LogP contribution is 2.09. The Bertz CT molecular complexity index is 648. The van der Waals surface area contributed by atoms with Crippen LogP contribution in [0.25, 0.3) is 0 Å². The molecule has 2 aromatic rings. The number of nitrogens with one attached hydrogen (secondary N) is 1. The minimum absolute atomic E-state index is 0.0681. The van der Waals surface area contributed by atoms with Gasteiger partial charge in [0.2, 0.25) is 0 Å². The quantitative estimate of drug-likeness (QED) is 0.856. The number of aryl methyl sites for hydroxylation is 1. The Balaban J connectivity index is 2.04. The standard InChI is InChI=1S/C14H16N4O/c1-10-17-13-4-6-16-8-12(13)14(19)18(10)9-11-3-2-5-15-7-11/h2-3,5,7,16H,4,6,8-9H2,1H3. The summed E-state index contributed by atoms with van der Waals surface area (Å²) in [5.74, 6) is 0.773. The van der Waals surface area contributed by atoms with Crippen molar-refractivity contribution in [2.75, 3.05) is 6.54 Å². The van der Waals surface area contributed by atoms with Crippen molar-refractivity contribution in [1.29, 1.82) is 0 Å². The molecule has 0 bridgehead atoms. The molecule has 1 N–H and O–H groups in total. The summed E-state index contributed by atoms with van der Waals surface area (Å²) < 4.78 is 1.73. The van der Waals surface area contributed by atoms with Gasteiger partial charge >= 0.3 is 0 Å². The summed E-state index contributed by atoms with van der Waals surface area (Å²) in [6, 6.07) is 3.85. The molecular formula is C14H16N4O. The first-order chi connectivity index (χ1) is 9.25. The Morgan fingerprint density at radius 1 is 1.47 bits per heavy atom. The van der Waals surface area contributed by atoms with Gasteiger partial charge in [-0.1, -0.05) is 6.07 Å². The maximum atomic E-state index is 12.5. The zero-order chi connectivity index (χ0) is 13.2. The Hall–Kier alpha value is -2.01. The Labute approximate surface area is 111 Å². The Kier molecular flexibility index (Phi) is 3.13. The van der Waals surface area contributed by atoms with Crippen LogP contribution in [0.5, 0.6) is 0 Å². The smallest absolute Gasteiger partial charge is 0.258 e. The normalized spacial score (nSPS) is 14.2. The highest BCUT2D eigenvalue weighted by Gasteiger charge is 2.17. The zero-order valence-electron chi connectivity index (χ0n) is 10.9. The average molecular weight is 256 g/mol. The first-order valence-electron chi connectivity index (χ1n) is 6.44. The van der Waals surface area contributed by atoms with Crippen molar-refractivity contribution < 1.29 is 0 Å². The molecule has 0 saturated carbocycles. The lowest BCUT2D eigenvalue weighted by atomic mass is 10.1. The lowest BCUT2D eigenvalue weighted by molar-refractivity contribution is 0.586. The SMILES string of the molecule is Cc1nc2c(c(=O)n1Cc1cccnc1)CNCC2. The van der Waals surface area contributed by atoms with Gasteiger partial charge in [-0.2, -0.15) is 0 Å². The lowest BCUT2D eigenvalue weighted by Crippen LogP contribution is -2.36. The largest absolute Gasteiger partial charge is 0.312 e. The van der Waals surface area contributed by atoms with Gasteiger partial charge in [-0.15, -0.1) is 0 Å². The molecule has 3 heterocycles. The van der Waals surface area contributed by atoms with Gasteiger partial charge in [0.1, 0.15) is 5.82 Å². The zero-order valence-corrected chi connectivity index (χ0v) is 10.9. The molecule has 0 aliphatic carbocycles. The van der Waals surface area contributed by atoms with Gasteiger partial charge in [-0.05, 0) is 18.6 Å². The van der Waals surface area contributed by atoms with E-state index in [9.17, 15) is 4.79 Å². The van der Waals surface area contributed by atoms with Crippen molar-refractivity contribution in [3.05, 3.63) is 57.5 Å². The summed E-state index contributed by atoms with van der Waals surface area (Å²) in [5.41, 5.74) is 2.83. The predicted molar refractivity (Wildman–Crippen MR) is 72.0 cm³/mol. The van der Waals surface area contributed by atoms with Crippen molar-refractivity contribution in [2.24, 2.45) is 0 Å². The van der Waals surface area contributed by atoms with Crippen molar-refractivity contribution in [3.8, 4) is 0 Å². The number of hydrogen-bond acceptors (Lipinski definition) is 4. The second kappa shape index (κ2) is 4.93. The second-order valence-corrected chi connectivity index (χ2v) is 4.76. The molecule has 0 unspecified atom stereocenters. The van der Waals surface area contributed by atoms with E-state index in [1.165, 1.54) is 0 Å². The summed E-state index contributed by atoms with van der Waals surface area (Å²) >= 11 is 0. The molecule has 0 spiro atoms. The van der Waals surface area contributed by atoms with E-state index in [1.807, 2.05) is 19.1 Å². The van der Waals surface area contributed by atoms with E-state index < -0.39 is 0 Å². The van der Waals surface area contributed by atoms with Gasteiger partial charge < -0.3 is 5.32 Å². The summed E-state index contributed by atoms with van der Waals surface area (Å²) in [6.45, 7) is 3.93. The average Bonchev–Trinajstić information content (AvgIpc) is 2.45. The van der Waals surface area contributed by atoms with E-state index in [0.717, 1.165) is 35.6 Å². The van der Waals surface area contributed by atoms with Crippen molar-refractivity contribution >= 4 is 0 Å².